The van der Waals surface area contributed by atoms with Crippen LogP contribution in [0.2, 0.25) is 0 Å². The van der Waals surface area contributed by atoms with E-state index in [0.717, 1.165) is 24.3 Å². The van der Waals surface area contributed by atoms with Crippen molar-refractivity contribution in [1.29, 1.82) is 0 Å². The average molecular weight is 477 g/mol. The van der Waals surface area contributed by atoms with Gasteiger partial charge in [0.1, 0.15) is 0 Å². The van der Waals surface area contributed by atoms with Crippen LogP contribution >= 0.6 is 94.1 Å². The van der Waals surface area contributed by atoms with Gasteiger partial charge in [0.05, 0.1) is 25.4 Å². The van der Waals surface area contributed by atoms with Crippen LogP contribution in [-0.4, -0.2) is 47.4 Å². The first-order valence-corrected chi connectivity index (χ1v) is 14.9. The number of aliphatic hydroxyl groups excluding tert-OH is 2. The lowest BCUT2D eigenvalue weighted by molar-refractivity contribution is 0.296. The van der Waals surface area contributed by atoms with Gasteiger partial charge in [-0.25, -0.2) is 0 Å². The summed E-state index contributed by atoms with van der Waals surface area (Å²) in [6.07, 6.45) is 5.95. The molecule has 0 aromatic rings. The molecule has 10 heteroatoms. The van der Waals surface area contributed by atoms with Gasteiger partial charge in [0, 0.05) is 24.7 Å². The molecule has 136 valence electrons. The maximum Gasteiger partial charge on any atom is 0.0717 e. The van der Waals surface area contributed by atoms with Gasteiger partial charge in [0.2, 0.25) is 0 Å². The zero-order valence-corrected chi connectivity index (χ0v) is 19.9. The fourth-order valence-electron chi connectivity index (χ4n) is 1.60. The van der Waals surface area contributed by atoms with Crippen LogP contribution in [-0.2, 0) is 0 Å². The lowest BCUT2D eigenvalue weighted by atomic mass is 10.5. The molecule has 2 heterocycles. The van der Waals surface area contributed by atoms with E-state index in [1.807, 2.05) is 94.1 Å². The van der Waals surface area contributed by atoms with Crippen LogP contribution in [0.4, 0.5) is 0 Å². The van der Waals surface area contributed by atoms with Crippen molar-refractivity contribution in [3.05, 3.63) is 25.4 Å². The normalized spacial score (nSPS) is 18.5. The topological polar surface area (TPSA) is 40.5 Å². The molecule has 0 saturated heterocycles. The average Bonchev–Trinajstić information content (AvgIpc) is 3.19. The highest BCUT2D eigenvalue weighted by Crippen LogP contribution is 2.65. The molecule has 24 heavy (non-hydrogen) atoms. The molecule has 0 spiro atoms. The summed E-state index contributed by atoms with van der Waals surface area (Å²) in [6, 6.07) is 0. The van der Waals surface area contributed by atoms with Crippen LogP contribution in [0.5, 0.6) is 0 Å². The Balaban J connectivity index is 2.04. The Morgan fingerprint density at radius 2 is 1.04 bits per heavy atom. The predicted octanol–water partition coefficient (Wildman–Crippen LogP) is 6.28. The van der Waals surface area contributed by atoms with Crippen LogP contribution in [0.3, 0.4) is 0 Å². The second kappa shape index (κ2) is 12.4. The Morgan fingerprint density at radius 1 is 0.667 bits per heavy atom. The number of hydrogen-bond acceptors (Lipinski definition) is 10. The van der Waals surface area contributed by atoms with Crippen molar-refractivity contribution in [2.24, 2.45) is 0 Å². The fourth-order valence-corrected chi connectivity index (χ4v) is 12.7. The maximum atomic E-state index is 9.02. The number of thioether (sulfide) groups is 8. The molecule has 0 radical (unpaired) electrons. The zero-order chi connectivity index (χ0) is 17.4. The molecule has 0 saturated carbocycles. The van der Waals surface area contributed by atoms with Gasteiger partial charge in [-0.15, -0.1) is 47.0 Å². The smallest absolute Gasteiger partial charge is 0.0717 e. The van der Waals surface area contributed by atoms with E-state index in [0.29, 0.717) is 0 Å². The summed E-state index contributed by atoms with van der Waals surface area (Å²) in [5.41, 5.74) is 0. The van der Waals surface area contributed by atoms with Crippen molar-refractivity contribution in [3.8, 4) is 0 Å². The van der Waals surface area contributed by atoms with Gasteiger partial charge in [0.15, 0.2) is 0 Å². The monoisotopic (exact) mass is 476 g/mol. The van der Waals surface area contributed by atoms with E-state index >= 15 is 0 Å². The van der Waals surface area contributed by atoms with Crippen molar-refractivity contribution < 1.29 is 10.2 Å². The van der Waals surface area contributed by atoms with E-state index in [2.05, 4.69) is 12.5 Å². The number of hydrogen-bond donors (Lipinski definition) is 2. The molecule has 0 bridgehead atoms. The fraction of sp³-hybridized carbons (Fsp3) is 0.571. The zero-order valence-electron chi connectivity index (χ0n) is 13.4. The molecule has 0 atom stereocenters. The number of rotatable bonds is 10. The third-order valence-corrected chi connectivity index (χ3v) is 14.1. The molecular formula is C14H20O2S8. The Kier molecular flexibility index (Phi) is 11.5. The predicted molar refractivity (Wildman–Crippen MR) is 127 cm³/mol. The highest BCUT2D eigenvalue weighted by atomic mass is 32.3. The summed E-state index contributed by atoms with van der Waals surface area (Å²) in [5.74, 6) is 1.91. The van der Waals surface area contributed by atoms with E-state index in [1.54, 1.807) is 0 Å². The molecule has 2 N–H and O–H groups in total. The molecule has 2 rings (SSSR count). The molecule has 2 nitrogen and oxygen atoms in total. The van der Waals surface area contributed by atoms with E-state index < -0.39 is 0 Å². The molecule has 2 aliphatic rings. The summed E-state index contributed by atoms with van der Waals surface area (Å²) < 4.78 is 8.33. The maximum absolute atomic E-state index is 9.02. The third kappa shape index (κ3) is 6.53. The molecule has 0 aliphatic carbocycles. The highest BCUT2D eigenvalue weighted by molar-refractivity contribution is 8.45. The van der Waals surface area contributed by atoms with Crippen molar-refractivity contribution >= 4 is 94.1 Å². The van der Waals surface area contributed by atoms with Crippen LogP contribution < -0.4 is 0 Å². The summed E-state index contributed by atoms with van der Waals surface area (Å²) in [4.78, 5) is 0. The van der Waals surface area contributed by atoms with Gasteiger partial charge in [-0.3, -0.25) is 0 Å². The largest absolute Gasteiger partial charge is 0.396 e. The standard InChI is InChI=1S/C14H20O2S8/c1-17-9-10(18-2)22-13(21-9)14-23-11(19-7-3-5-15)12(24-14)20-8-4-6-16/h15-16H,3-8H2,1-2H3. The van der Waals surface area contributed by atoms with E-state index in [1.165, 1.54) is 25.4 Å². The number of aliphatic hydroxyl groups is 2. The third-order valence-electron chi connectivity index (χ3n) is 2.68. The van der Waals surface area contributed by atoms with Crippen LogP contribution in [0.15, 0.2) is 25.4 Å². The van der Waals surface area contributed by atoms with Gasteiger partial charge in [0.25, 0.3) is 0 Å². The lowest BCUT2D eigenvalue weighted by Crippen LogP contribution is -1.87. The van der Waals surface area contributed by atoms with Crippen LogP contribution in [0.1, 0.15) is 12.8 Å². The minimum Gasteiger partial charge on any atom is -0.396 e. The van der Waals surface area contributed by atoms with Gasteiger partial charge in [-0.05, 0) is 25.4 Å². The SMILES string of the molecule is CSC1=C(SC)SC(=C2SC(SCCCO)=C(SCCCO)S2)S1. The second-order valence-electron chi connectivity index (χ2n) is 4.39. The molecule has 0 amide bonds. The van der Waals surface area contributed by atoms with Crippen molar-refractivity contribution in [3.63, 3.8) is 0 Å². The lowest BCUT2D eigenvalue weighted by Gasteiger charge is -2.03. The Bertz CT molecular complexity index is 487. The Morgan fingerprint density at radius 3 is 1.38 bits per heavy atom. The van der Waals surface area contributed by atoms with E-state index in [-0.39, 0.29) is 13.2 Å². The molecular weight excluding hydrogens is 457 g/mol. The Hall–Kier alpha value is 1.94. The molecule has 0 fully saturated rings. The molecule has 0 aromatic heterocycles. The molecule has 0 aromatic carbocycles. The van der Waals surface area contributed by atoms with Crippen molar-refractivity contribution in [2.45, 2.75) is 12.8 Å². The van der Waals surface area contributed by atoms with Gasteiger partial charge in [-0.1, -0.05) is 47.0 Å². The van der Waals surface area contributed by atoms with Gasteiger partial charge >= 0.3 is 0 Å². The molecule has 2 aliphatic heterocycles. The first kappa shape index (κ1) is 22.2. The van der Waals surface area contributed by atoms with Crippen molar-refractivity contribution in [2.75, 3.05) is 37.2 Å². The summed E-state index contributed by atoms with van der Waals surface area (Å²) in [7, 11) is 0. The molecule has 0 unspecified atom stereocenters. The first-order valence-electron chi connectivity index (χ1n) is 7.23. The minimum atomic E-state index is 0.253. The summed E-state index contributed by atoms with van der Waals surface area (Å²) in [6.45, 7) is 0.506. The summed E-state index contributed by atoms with van der Waals surface area (Å²) >= 11 is 14.9. The van der Waals surface area contributed by atoms with Crippen LogP contribution in [0.25, 0.3) is 0 Å². The Labute approximate surface area is 178 Å². The quantitative estimate of drug-likeness (QED) is 0.352. The highest BCUT2D eigenvalue weighted by Gasteiger charge is 2.29. The van der Waals surface area contributed by atoms with E-state index in [4.69, 9.17) is 10.2 Å². The first-order chi connectivity index (χ1) is 11.7. The van der Waals surface area contributed by atoms with Gasteiger partial charge < -0.3 is 10.2 Å². The second-order valence-corrected chi connectivity index (χ2v) is 13.9. The van der Waals surface area contributed by atoms with Crippen molar-refractivity contribution in [1.82, 2.24) is 0 Å². The van der Waals surface area contributed by atoms with Gasteiger partial charge in [-0.2, -0.15) is 0 Å². The van der Waals surface area contributed by atoms with Crippen LogP contribution in [0, 0.1) is 0 Å². The minimum absolute atomic E-state index is 0.253. The summed E-state index contributed by atoms with van der Waals surface area (Å²) in [5, 5.41) is 18.0. The van der Waals surface area contributed by atoms with E-state index in [9.17, 15) is 0 Å².